The van der Waals surface area contributed by atoms with E-state index in [9.17, 15) is 19.2 Å². The van der Waals surface area contributed by atoms with Crippen molar-refractivity contribution in [3.8, 4) is 0 Å². The van der Waals surface area contributed by atoms with Crippen LogP contribution >= 0.6 is 0 Å². The Morgan fingerprint density at radius 3 is 2.52 bits per heavy atom. The lowest BCUT2D eigenvalue weighted by Gasteiger charge is -2.13. The van der Waals surface area contributed by atoms with Gasteiger partial charge in [-0.1, -0.05) is 42.5 Å². The van der Waals surface area contributed by atoms with Crippen LogP contribution in [0.1, 0.15) is 41.4 Å². The van der Waals surface area contributed by atoms with E-state index in [4.69, 9.17) is 9.47 Å². The van der Waals surface area contributed by atoms with Crippen LogP contribution in [0.4, 0.5) is 0 Å². The van der Waals surface area contributed by atoms with Gasteiger partial charge >= 0.3 is 11.9 Å². The van der Waals surface area contributed by atoms with Crippen molar-refractivity contribution in [1.29, 1.82) is 0 Å². The molecule has 0 aliphatic carbocycles. The van der Waals surface area contributed by atoms with Crippen LogP contribution in [0.25, 0.3) is 10.9 Å². The van der Waals surface area contributed by atoms with Gasteiger partial charge in [0.25, 0.3) is 11.7 Å². The van der Waals surface area contributed by atoms with E-state index in [0.29, 0.717) is 11.9 Å². The minimum Gasteiger partial charge on any atom is -0.458 e. The summed E-state index contributed by atoms with van der Waals surface area (Å²) >= 11 is 0. The zero-order valence-electron chi connectivity index (χ0n) is 18.2. The molecule has 2 aromatic carbocycles. The summed E-state index contributed by atoms with van der Waals surface area (Å²) < 4.78 is 11.9. The third kappa shape index (κ3) is 4.85. The number of ether oxygens (including phenoxy) is 2. The first-order valence-electron chi connectivity index (χ1n) is 10.4. The molecule has 1 atom stereocenters. The molecule has 1 unspecified atom stereocenters. The van der Waals surface area contributed by atoms with Crippen molar-refractivity contribution in [3.05, 3.63) is 83.2 Å². The lowest BCUT2D eigenvalue weighted by molar-refractivity contribution is -0.145. The van der Waals surface area contributed by atoms with E-state index < -0.39 is 17.7 Å². The van der Waals surface area contributed by atoms with Crippen molar-refractivity contribution in [2.45, 2.75) is 26.5 Å². The number of carbonyl (C=O) groups is 4. The third-order valence-corrected chi connectivity index (χ3v) is 5.32. The average Bonchev–Trinajstić information content (AvgIpc) is 3.36. The number of para-hydroxylation sites is 1. The number of rotatable bonds is 7. The van der Waals surface area contributed by atoms with Crippen LogP contribution in [0.15, 0.2) is 66.5 Å². The van der Waals surface area contributed by atoms with Crippen molar-refractivity contribution in [3.63, 3.8) is 0 Å². The molecular weight excluding hydrogens is 424 g/mol. The molecule has 168 valence electrons. The lowest BCUT2D eigenvalue weighted by Crippen LogP contribution is -2.31. The number of carbonyl (C=O) groups excluding carboxylic acids is 4. The molecule has 1 aliphatic rings. The van der Waals surface area contributed by atoms with Gasteiger partial charge in [0, 0.05) is 36.6 Å². The number of hydrogen-bond donors (Lipinski definition) is 1. The number of esters is 2. The van der Waals surface area contributed by atoms with Gasteiger partial charge in [-0.25, -0.2) is 4.79 Å². The van der Waals surface area contributed by atoms with Crippen molar-refractivity contribution in [2.24, 2.45) is 0 Å². The molecule has 8 heteroatoms. The molecule has 0 fully saturated rings. The van der Waals surface area contributed by atoms with Crippen molar-refractivity contribution in [2.75, 3.05) is 6.61 Å². The highest BCUT2D eigenvalue weighted by atomic mass is 16.5. The SMILES string of the molecule is CC(=O)OC(C)c1ccc(Cn2cc(C(=O)C(=O)NC3=CC(=O)OC3)c3ccccc32)cc1. The molecule has 1 aliphatic heterocycles. The van der Waals surface area contributed by atoms with Gasteiger partial charge in [-0.3, -0.25) is 14.4 Å². The summed E-state index contributed by atoms with van der Waals surface area (Å²) in [7, 11) is 0. The Morgan fingerprint density at radius 2 is 1.85 bits per heavy atom. The van der Waals surface area contributed by atoms with Crippen LogP contribution in [0, 0.1) is 0 Å². The number of nitrogens with zero attached hydrogens (tertiary/aromatic N) is 1. The Labute approximate surface area is 189 Å². The zero-order chi connectivity index (χ0) is 23.5. The maximum absolute atomic E-state index is 12.9. The largest absolute Gasteiger partial charge is 0.458 e. The smallest absolute Gasteiger partial charge is 0.333 e. The molecule has 0 saturated carbocycles. The fourth-order valence-corrected chi connectivity index (χ4v) is 3.74. The molecule has 2 heterocycles. The van der Waals surface area contributed by atoms with Crippen molar-refractivity contribution in [1.82, 2.24) is 9.88 Å². The van der Waals surface area contributed by atoms with Crippen LogP contribution in [-0.2, 0) is 30.4 Å². The molecule has 0 radical (unpaired) electrons. The number of aromatic nitrogens is 1. The van der Waals surface area contributed by atoms with Crippen molar-refractivity contribution >= 4 is 34.5 Å². The topological polar surface area (TPSA) is 104 Å². The van der Waals surface area contributed by atoms with E-state index in [1.165, 1.54) is 6.92 Å². The molecule has 0 spiro atoms. The number of fused-ring (bicyclic) bond motifs is 1. The standard InChI is InChI=1S/C25H22N2O6/c1-15(33-16(2)28)18-9-7-17(8-10-18)12-27-13-21(20-5-3-4-6-22(20)27)24(30)25(31)26-19-11-23(29)32-14-19/h3-11,13,15H,12,14H2,1-2H3,(H,26,31). The highest BCUT2D eigenvalue weighted by Gasteiger charge is 2.24. The van der Waals surface area contributed by atoms with Crippen LogP contribution in [0.3, 0.4) is 0 Å². The van der Waals surface area contributed by atoms with Crippen LogP contribution in [-0.4, -0.2) is 34.8 Å². The Hall–Kier alpha value is -4.20. The summed E-state index contributed by atoms with van der Waals surface area (Å²) in [5, 5.41) is 3.10. The predicted octanol–water partition coefficient (Wildman–Crippen LogP) is 3.05. The number of hydrogen-bond acceptors (Lipinski definition) is 6. The molecule has 3 aromatic rings. The minimum absolute atomic E-state index is 0.0638. The molecule has 0 saturated heterocycles. The molecule has 33 heavy (non-hydrogen) atoms. The first-order valence-corrected chi connectivity index (χ1v) is 10.4. The van der Waals surface area contributed by atoms with Gasteiger partial charge in [0.2, 0.25) is 0 Å². The van der Waals surface area contributed by atoms with Gasteiger partial charge in [0.15, 0.2) is 0 Å². The van der Waals surface area contributed by atoms with E-state index in [2.05, 4.69) is 5.32 Å². The fraction of sp³-hybridized carbons (Fsp3) is 0.200. The maximum atomic E-state index is 12.9. The highest BCUT2D eigenvalue weighted by molar-refractivity contribution is 6.45. The molecule has 0 bridgehead atoms. The van der Waals surface area contributed by atoms with Gasteiger partial charge in [-0.15, -0.1) is 0 Å². The summed E-state index contributed by atoms with van der Waals surface area (Å²) in [5.74, 6) is -2.42. The first kappa shape index (κ1) is 22.0. The number of cyclic esters (lactones) is 1. The number of ketones is 1. The van der Waals surface area contributed by atoms with Gasteiger partial charge < -0.3 is 19.4 Å². The summed E-state index contributed by atoms with van der Waals surface area (Å²) in [6, 6.07) is 15.0. The van der Waals surface area contributed by atoms with Crippen molar-refractivity contribution < 1.29 is 28.7 Å². The highest BCUT2D eigenvalue weighted by Crippen LogP contribution is 2.24. The van der Waals surface area contributed by atoms with E-state index in [0.717, 1.165) is 22.7 Å². The Balaban J connectivity index is 1.56. The number of benzene rings is 2. The lowest BCUT2D eigenvalue weighted by atomic mass is 10.1. The fourth-order valence-electron chi connectivity index (χ4n) is 3.74. The summed E-state index contributed by atoms with van der Waals surface area (Å²) in [4.78, 5) is 47.7. The van der Waals surface area contributed by atoms with E-state index in [1.54, 1.807) is 18.3 Å². The second-order valence-electron chi connectivity index (χ2n) is 7.74. The first-order chi connectivity index (χ1) is 15.8. The van der Waals surface area contributed by atoms with E-state index >= 15 is 0 Å². The molecule has 8 nitrogen and oxygen atoms in total. The maximum Gasteiger partial charge on any atom is 0.333 e. The normalized spacial score (nSPS) is 13.9. The number of Topliss-reactive ketones (excluding diaryl/α,β-unsaturated/α-hetero) is 1. The molecule has 4 rings (SSSR count). The Morgan fingerprint density at radius 1 is 1.12 bits per heavy atom. The zero-order valence-corrected chi connectivity index (χ0v) is 18.2. The third-order valence-electron chi connectivity index (χ3n) is 5.32. The van der Waals surface area contributed by atoms with Gasteiger partial charge in [-0.2, -0.15) is 0 Å². The Bertz CT molecular complexity index is 1290. The van der Waals surface area contributed by atoms with Crippen LogP contribution < -0.4 is 5.32 Å². The van der Waals surface area contributed by atoms with Crippen LogP contribution in [0.2, 0.25) is 0 Å². The van der Waals surface area contributed by atoms with E-state index in [1.807, 2.05) is 47.9 Å². The summed E-state index contributed by atoms with van der Waals surface area (Å²) in [5.41, 5.74) is 3.19. The summed E-state index contributed by atoms with van der Waals surface area (Å²) in [6.45, 7) is 3.60. The molecule has 1 amide bonds. The second-order valence-corrected chi connectivity index (χ2v) is 7.74. The van der Waals surface area contributed by atoms with Gasteiger partial charge in [-0.05, 0) is 24.1 Å². The van der Waals surface area contributed by atoms with E-state index in [-0.39, 0.29) is 29.9 Å². The monoisotopic (exact) mass is 446 g/mol. The second kappa shape index (κ2) is 9.12. The molecule has 1 N–H and O–H groups in total. The quantitative estimate of drug-likeness (QED) is 0.340. The minimum atomic E-state index is -0.828. The predicted molar refractivity (Wildman–Crippen MR) is 119 cm³/mol. The van der Waals surface area contributed by atoms with Gasteiger partial charge in [0.05, 0.1) is 11.3 Å². The Kier molecular flexibility index (Phi) is 6.08. The molecular formula is C25H22N2O6. The summed E-state index contributed by atoms with van der Waals surface area (Å²) in [6.07, 6.45) is 2.47. The van der Waals surface area contributed by atoms with Gasteiger partial charge in [0.1, 0.15) is 12.7 Å². The van der Waals surface area contributed by atoms with Crippen LogP contribution in [0.5, 0.6) is 0 Å². The number of amides is 1. The molecule has 1 aromatic heterocycles. The average molecular weight is 446 g/mol. The number of nitrogens with one attached hydrogen (secondary N) is 1.